The van der Waals surface area contributed by atoms with Crippen LogP contribution in [0.25, 0.3) is 10.2 Å². The number of thioether (sulfide) groups is 1. The van der Waals surface area contributed by atoms with Gasteiger partial charge in [-0.2, -0.15) is 0 Å². The van der Waals surface area contributed by atoms with Gasteiger partial charge < -0.3 is 11.1 Å². The lowest BCUT2D eigenvalue weighted by molar-refractivity contribution is -0.113. The molecule has 3 aromatic rings. The van der Waals surface area contributed by atoms with Crippen molar-refractivity contribution in [3.05, 3.63) is 41.3 Å². The first kappa shape index (κ1) is 14.8. The summed E-state index contributed by atoms with van der Waals surface area (Å²) in [5.41, 5.74) is 7.78. The van der Waals surface area contributed by atoms with Crippen LogP contribution < -0.4 is 11.1 Å². The van der Waals surface area contributed by atoms with Gasteiger partial charge in [-0.05, 0) is 36.1 Å². The number of fused-ring (bicyclic) bond motifs is 1. The summed E-state index contributed by atoms with van der Waals surface area (Å²) in [7, 11) is 0. The van der Waals surface area contributed by atoms with Gasteiger partial charge in [0.25, 0.3) is 0 Å². The summed E-state index contributed by atoms with van der Waals surface area (Å²) in [5, 5.41) is 6.16. The van der Waals surface area contributed by atoms with Crippen LogP contribution in [0.3, 0.4) is 0 Å². The molecule has 0 radical (unpaired) electrons. The lowest BCUT2D eigenvalue weighted by Gasteiger charge is -2.06. The maximum absolute atomic E-state index is 12.0. The normalized spacial score (nSPS) is 10.8. The van der Waals surface area contributed by atoms with E-state index >= 15 is 0 Å². The summed E-state index contributed by atoms with van der Waals surface area (Å²) in [6, 6.07) is 9.58. The molecule has 0 fully saturated rings. The van der Waals surface area contributed by atoms with Crippen molar-refractivity contribution in [2.24, 2.45) is 0 Å². The minimum Gasteiger partial charge on any atom is -0.383 e. The van der Waals surface area contributed by atoms with Crippen LogP contribution in [0, 0.1) is 6.92 Å². The Morgan fingerprint density at radius 3 is 3.05 bits per heavy atom. The zero-order chi connectivity index (χ0) is 15.5. The second kappa shape index (κ2) is 6.33. The van der Waals surface area contributed by atoms with Crippen molar-refractivity contribution in [1.29, 1.82) is 0 Å². The van der Waals surface area contributed by atoms with E-state index in [1.165, 1.54) is 23.1 Å². The Kier molecular flexibility index (Phi) is 4.26. The molecular formula is C15H14N4OS2. The van der Waals surface area contributed by atoms with E-state index in [9.17, 15) is 4.79 Å². The standard InChI is InChI=1S/C15H14N4OS2/c1-9-3-2-4-10(7-9)17-12(20)8-22-15-18-13(16)11-5-6-21-14(11)19-15/h2-7H,8H2,1H3,(H,17,20)(H2,16,18,19). The number of carbonyl (C=O) groups excluding carboxylic acids is 1. The Balaban J connectivity index is 1.64. The van der Waals surface area contributed by atoms with Crippen LogP contribution >= 0.6 is 23.1 Å². The smallest absolute Gasteiger partial charge is 0.234 e. The molecule has 2 aromatic heterocycles. The molecule has 0 spiro atoms. The van der Waals surface area contributed by atoms with E-state index in [0.717, 1.165) is 21.5 Å². The maximum atomic E-state index is 12.0. The molecule has 3 rings (SSSR count). The summed E-state index contributed by atoms with van der Waals surface area (Å²) < 4.78 is 0. The predicted octanol–water partition coefficient (Wildman–Crippen LogP) is 3.31. The van der Waals surface area contributed by atoms with E-state index in [0.29, 0.717) is 11.0 Å². The molecule has 0 saturated heterocycles. The van der Waals surface area contributed by atoms with Crippen LogP contribution in [0.2, 0.25) is 0 Å². The van der Waals surface area contributed by atoms with Gasteiger partial charge in [0.05, 0.1) is 11.1 Å². The van der Waals surface area contributed by atoms with Gasteiger partial charge in [-0.3, -0.25) is 4.79 Å². The Hall–Kier alpha value is -2.12. The van der Waals surface area contributed by atoms with E-state index in [1.807, 2.05) is 42.6 Å². The third kappa shape index (κ3) is 3.37. The Labute approximate surface area is 136 Å². The van der Waals surface area contributed by atoms with E-state index in [2.05, 4.69) is 15.3 Å². The van der Waals surface area contributed by atoms with Gasteiger partial charge in [0.15, 0.2) is 5.16 Å². The number of nitrogen functional groups attached to an aromatic ring is 1. The molecule has 0 atom stereocenters. The number of aryl methyl sites for hydroxylation is 1. The van der Waals surface area contributed by atoms with Crippen LogP contribution in [0.1, 0.15) is 5.56 Å². The van der Waals surface area contributed by atoms with Crippen LogP contribution in [-0.2, 0) is 4.79 Å². The number of nitrogens with two attached hydrogens (primary N) is 1. The van der Waals surface area contributed by atoms with Crippen molar-refractivity contribution in [2.75, 3.05) is 16.8 Å². The molecule has 0 saturated carbocycles. The number of amides is 1. The van der Waals surface area contributed by atoms with Crippen LogP contribution in [-0.4, -0.2) is 21.6 Å². The lowest BCUT2D eigenvalue weighted by Crippen LogP contribution is -2.14. The number of aromatic nitrogens is 2. The number of anilines is 2. The van der Waals surface area contributed by atoms with E-state index in [-0.39, 0.29) is 11.7 Å². The molecule has 22 heavy (non-hydrogen) atoms. The molecule has 0 aliphatic carbocycles. The van der Waals surface area contributed by atoms with Gasteiger partial charge in [0.1, 0.15) is 10.6 Å². The first-order valence-electron chi connectivity index (χ1n) is 6.62. The number of carbonyl (C=O) groups is 1. The molecule has 1 amide bonds. The fraction of sp³-hybridized carbons (Fsp3) is 0.133. The number of benzene rings is 1. The number of rotatable bonds is 4. The average molecular weight is 330 g/mol. The highest BCUT2D eigenvalue weighted by molar-refractivity contribution is 7.99. The van der Waals surface area contributed by atoms with Gasteiger partial charge in [-0.15, -0.1) is 11.3 Å². The fourth-order valence-electron chi connectivity index (χ4n) is 1.97. The quantitative estimate of drug-likeness (QED) is 0.566. The Morgan fingerprint density at radius 1 is 1.36 bits per heavy atom. The number of hydrogen-bond donors (Lipinski definition) is 2. The summed E-state index contributed by atoms with van der Waals surface area (Å²) >= 11 is 2.79. The molecule has 3 N–H and O–H groups in total. The van der Waals surface area contributed by atoms with E-state index in [1.54, 1.807) is 0 Å². The molecule has 0 bridgehead atoms. The molecule has 5 nitrogen and oxygen atoms in total. The Morgan fingerprint density at radius 2 is 2.23 bits per heavy atom. The average Bonchev–Trinajstić information content (AvgIpc) is 2.94. The molecule has 0 unspecified atom stereocenters. The monoisotopic (exact) mass is 330 g/mol. The zero-order valence-electron chi connectivity index (χ0n) is 11.9. The highest BCUT2D eigenvalue weighted by Crippen LogP contribution is 2.26. The maximum Gasteiger partial charge on any atom is 0.234 e. The first-order chi connectivity index (χ1) is 10.6. The molecular weight excluding hydrogens is 316 g/mol. The molecule has 112 valence electrons. The van der Waals surface area contributed by atoms with Crippen molar-refractivity contribution in [2.45, 2.75) is 12.1 Å². The second-order valence-electron chi connectivity index (χ2n) is 4.74. The summed E-state index contributed by atoms with van der Waals surface area (Å²) in [5.74, 6) is 0.599. The summed E-state index contributed by atoms with van der Waals surface area (Å²) in [6.07, 6.45) is 0. The number of nitrogens with zero attached hydrogens (tertiary/aromatic N) is 2. The van der Waals surface area contributed by atoms with E-state index in [4.69, 9.17) is 5.73 Å². The van der Waals surface area contributed by atoms with Gasteiger partial charge >= 0.3 is 0 Å². The lowest BCUT2D eigenvalue weighted by atomic mass is 10.2. The zero-order valence-corrected chi connectivity index (χ0v) is 13.5. The fourth-order valence-corrected chi connectivity index (χ4v) is 3.45. The molecule has 2 heterocycles. The summed E-state index contributed by atoms with van der Waals surface area (Å²) in [6.45, 7) is 1.98. The minimum absolute atomic E-state index is 0.0935. The van der Waals surface area contributed by atoms with Crippen LogP contribution in [0.4, 0.5) is 11.5 Å². The minimum atomic E-state index is -0.0935. The second-order valence-corrected chi connectivity index (χ2v) is 6.57. The third-order valence-corrected chi connectivity index (χ3v) is 4.62. The SMILES string of the molecule is Cc1cccc(NC(=O)CSc2nc(N)c3ccsc3n2)c1. The van der Waals surface area contributed by atoms with Crippen molar-refractivity contribution in [3.8, 4) is 0 Å². The van der Waals surface area contributed by atoms with Crippen molar-refractivity contribution < 1.29 is 4.79 Å². The molecule has 0 aliphatic heterocycles. The van der Waals surface area contributed by atoms with Gasteiger partial charge in [-0.25, -0.2) is 9.97 Å². The van der Waals surface area contributed by atoms with Gasteiger partial charge in [0.2, 0.25) is 5.91 Å². The van der Waals surface area contributed by atoms with E-state index < -0.39 is 0 Å². The number of thiophene rings is 1. The highest BCUT2D eigenvalue weighted by Gasteiger charge is 2.09. The number of hydrogen-bond acceptors (Lipinski definition) is 6. The molecule has 7 heteroatoms. The predicted molar refractivity (Wildman–Crippen MR) is 92.4 cm³/mol. The topological polar surface area (TPSA) is 80.9 Å². The highest BCUT2D eigenvalue weighted by atomic mass is 32.2. The van der Waals surface area contributed by atoms with Crippen molar-refractivity contribution >= 4 is 50.7 Å². The van der Waals surface area contributed by atoms with Crippen LogP contribution in [0.5, 0.6) is 0 Å². The summed E-state index contributed by atoms with van der Waals surface area (Å²) in [4.78, 5) is 21.4. The van der Waals surface area contributed by atoms with Crippen molar-refractivity contribution in [3.63, 3.8) is 0 Å². The van der Waals surface area contributed by atoms with Gasteiger partial charge in [-0.1, -0.05) is 23.9 Å². The third-order valence-electron chi connectivity index (χ3n) is 2.97. The number of nitrogens with one attached hydrogen (secondary N) is 1. The Bertz CT molecular complexity index is 831. The van der Waals surface area contributed by atoms with Crippen LogP contribution in [0.15, 0.2) is 40.9 Å². The van der Waals surface area contributed by atoms with Crippen molar-refractivity contribution in [1.82, 2.24) is 9.97 Å². The molecule has 1 aromatic carbocycles. The largest absolute Gasteiger partial charge is 0.383 e. The molecule has 0 aliphatic rings. The van der Waals surface area contributed by atoms with Gasteiger partial charge in [0, 0.05) is 5.69 Å². The first-order valence-corrected chi connectivity index (χ1v) is 8.48.